The molecule has 0 N–H and O–H groups in total. The molecule has 0 spiro atoms. The molecular weight excluding hydrogens is 192 g/mol. The molecule has 3 nitrogen and oxygen atoms in total. The van der Waals surface area contributed by atoms with Gasteiger partial charge in [-0.2, -0.15) is 0 Å². The number of imidazole rings is 1. The Bertz CT molecular complexity index is 275. The molecule has 0 unspecified atom stereocenters. The highest BCUT2D eigenvalue weighted by atomic mass is 28.4. The summed E-state index contributed by atoms with van der Waals surface area (Å²) in [6.45, 7) is 11.9. The van der Waals surface area contributed by atoms with E-state index in [2.05, 4.69) is 38.8 Å². The van der Waals surface area contributed by atoms with E-state index in [4.69, 9.17) is 4.43 Å². The molecule has 0 bridgehead atoms. The second-order valence-electron chi connectivity index (χ2n) is 5.11. The van der Waals surface area contributed by atoms with Crippen LogP contribution in [0.25, 0.3) is 0 Å². The molecule has 4 heteroatoms. The number of hydrogen-bond donors (Lipinski definition) is 0. The van der Waals surface area contributed by atoms with Crippen LogP contribution in [0.1, 0.15) is 20.8 Å². The van der Waals surface area contributed by atoms with Crippen molar-refractivity contribution in [2.75, 3.05) is 0 Å². The summed E-state index contributed by atoms with van der Waals surface area (Å²) < 4.78 is 7.96. The second kappa shape index (κ2) is 3.86. The van der Waals surface area contributed by atoms with Crippen molar-refractivity contribution in [3.05, 3.63) is 18.7 Å². The maximum atomic E-state index is 6.00. The van der Waals surface area contributed by atoms with Crippen molar-refractivity contribution < 1.29 is 4.43 Å². The van der Waals surface area contributed by atoms with Gasteiger partial charge in [-0.25, -0.2) is 4.98 Å². The van der Waals surface area contributed by atoms with E-state index in [-0.39, 0.29) is 5.04 Å². The highest BCUT2D eigenvalue weighted by Gasteiger charge is 2.37. The average Bonchev–Trinajstić information content (AvgIpc) is 2.50. The van der Waals surface area contributed by atoms with Gasteiger partial charge in [0.2, 0.25) is 0 Å². The summed E-state index contributed by atoms with van der Waals surface area (Å²) in [6.07, 6.45) is 5.48. The Morgan fingerprint density at radius 1 is 1.36 bits per heavy atom. The van der Waals surface area contributed by atoms with Gasteiger partial charge in [-0.05, 0) is 18.1 Å². The van der Waals surface area contributed by atoms with Gasteiger partial charge in [-0.1, -0.05) is 20.8 Å². The van der Waals surface area contributed by atoms with E-state index in [9.17, 15) is 0 Å². The maximum Gasteiger partial charge on any atom is 0.194 e. The molecule has 14 heavy (non-hydrogen) atoms. The Balaban J connectivity index is 2.53. The minimum Gasteiger partial charge on any atom is -0.399 e. The Labute approximate surface area is 87.2 Å². The fourth-order valence-corrected chi connectivity index (χ4v) is 1.72. The zero-order valence-corrected chi connectivity index (χ0v) is 10.7. The molecule has 80 valence electrons. The SMILES string of the molecule is CC(C)(C)[Si](C)(C)OCn1ccnc1. The molecule has 0 atom stereocenters. The summed E-state index contributed by atoms with van der Waals surface area (Å²) in [5, 5.41) is 0.271. The molecule has 0 aromatic carbocycles. The number of nitrogens with zero attached hydrogens (tertiary/aromatic N) is 2. The quantitative estimate of drug-likeness (QED) is 0.720. The van der Waals surface area contributed by atoms with Gasteiger partial charge in [0, 0.05) is 12.4 Å². The van der Waals surface area contributed by atoms with Crippen molar-refractivity contribution in [2.45, 2.75) is 45.6 Å². The normalized spacial score (nSPS) is 13.2. The molecule has 0 radical (unpaired) electrons. The Kier molecular flexibility index (Phi) is 3.16. The predicted molar refractivity (Wildman–Crippen MR) is 60.5 cm³/mol. The van der Waals surface area contributed by atoms with Gasteiger partial charge in [0.1, 0.15) is 6.73 Å². The van der Waals surface area contributed by atoms with Crippen LogP contribution >= 0.6 is 0 Å². The van der Waals surface area contributed by atoms with Crippen LogP contribution < -0.4 is 0 Å². The van der Waals surface area contributed by atoms with Gasteiger partial charge < -0.3 is 8.99 Å². The van der Waals surface area contributed by atoms with E-state index in [1.54, 1.807) is 12.5 Å². The largest absolute Gasteiger partial charge is 0.399 e. The lowest BCUT2D eigenvalue weighted by atomic mass is 10.2. The first kappa shape index (κ1) is 11.5. The van der Waals surface area contributed by atoms with Crippen molar-refractivity contribution in [1.82, 2.24) is 9.55 Å². The minimum absolute atomic E-state index is 0.271. The Morgan fingerprint density at radius 3 is 2.43 bits per heavy atom. The predicted octanol–water partition coefficient (Wildman–Crippen LogP) is 2.86. The van der Waals surface area contributed by atoms with Crippen LogP contribution in [0.2, 0.25) is 18.1 Å². The van der Waals surface area contributed by atoms with E-state index in [1.807, 2.05) is 10.8 Å². The van der Waals surface area contributed by atoms with Crippen molar-refractivity contribution in [3.63, 3.8) is 0 Å². The third kappa shape index (κ3) is 2.69. The van der Waals surface area contributed by atoms with Crippen molar-refractivity contribution in [3.8, 4) is 0 Å². The van der Waals surface area contributed by atoms with Crippen LogP contribution in [-0.4, -0.2) is 17.9 Å². The molecule has 1 aromatic rings. The molecular formula is C10H20N2OSi. The molecule has 0 aliphatic heterocycles. The lowest BCUT2D eigenvalue weighted by Crippen LogP contribution is -2.41. The van der Waals surface area contributed by atoms with Gasteiger partial charge in [0.25, 0.3) is 0 Å². The zero-order valence-electron chi connectivity index (χ0n) is 9.74. The van der Waals surface area contributed by atoms with Gasteiger partial charge in [0.15, 0.2) is 8.32 Å². The highest BCUT2D eigenvalue weighted by Crippen LogP contribution is 2.36. The summed E-state index contributed by atoms with van der Waals surface area (Å²) in [4.78, 5) is 3.98. The molecule has 0 saturated heterocycles. The first-order valence-corrected chi connectivity index (χ1v) is 7.83. The molecule has 0 amide bonds. The zero-order chi connectivity index (χ0) is 10.8. The molecule has 0 saturated carbocycles. The first-order chi connectivity index (χ1) is 6.33. The van der Waals surface area contributed by atoms with E-state index in [0.717, 1.165) is 0 Å². The summed E-state index contributed by atoms with van der Waals surface area (Å²) in [5.74, 6) is 0. The minimum atomic E-state index is -1.61. The smallest absolute Gasteiger partial charge is 0.194 e. The van der Waals surface area contributed by atoms with Crippen LogP contribution in [-0.2, 0) is 11.2 Å². The lowest BCUT2D eigenvalue weighted by Gasteiger charge is -2.36. The van der Waals surface area contributed by atoms with Crippen molar-refractivity contribution in [2.24, 2.45) is 0 Å². The standard InChI is InChI=1S/C10H20N2OSi/c1-10(2,3)14(4,5)13-9-12-7-6-11-8-12/h6-8H,9H2,1-5H3. The third-order valence-electron chi connectivity index (χ3n) is 2.94. The first-order valence-electron chi connectivity index (χ1n) is 4.93. The fourth-order valence-electron chi connectivity index (χ4n) is 0.816. The summed E-state index contributed by atoms with van der Waals surface area (Å²) >= 11 is 0. The lowest BCUT2D eigenvalue weighted by molar-refractivity contribution is 0.213. The Hall–Kier alpha value is -0.613. The van der Waals surface area contributed by atoms with Gasteiger partial charge in [-0.15, -0.1) is 0 Å². The Morgan fingerprint density at radius 2 is 2.00 bits per heavy atom. The molecule has 1 aromatic heterocycles. The van der Waals surface area contributed by atoms with Gasteiger partial charge in [0.05, 0.1) is 6.33 Å². The van der Waals surface area contributed by atoms with Crippen LogP contribution in [0.5, 0.6) is 0 Å². The second-order valence-corrected chi connectivity index (χ2v) is 9.92. The summed E-state index contributed by atoms with van der Waals surface area (Å²) in [5.41, 5.74) is 0. The van der Waals surface area contributed by atoms with Crippen LogP contribution in [0.15, 0.2) is 18.7 Å². The fraction of sp³-hybridized carbons (Fsp3) is 0.700. The van der Waals surface area contributed by atoms with E-state index < -0.39 is 8.32 Å². The number of aromatic nitrogens is 2. The topological polar surface area (TPSA) is 27.1 Å². The van der Waals surface area contributed by atoms with E-state index >= 15 is 0 Å². The molecule has 0 aliphatic carbocycles. The molecule has 0 fully saturated rings. The van der Waals surface area contributed by atoms with E-state index in [1.165, 1.54) is 0 Å². The van der Waals surface area contributed by atoms with Crippen LogP contribution in [0, 0.1) is 0 Å². The van der Waals surface area contributed by atoms with Gasteiger partial charge in [-0.3, -0.25) is 0 Å². The number of hydrogen-bond acceptors (Lipinski definition) is 2. The van der Waals surface area contributed by atoms with Crippen LogP contribution in [0.3, 0.4) is 0 Å². The molecule has 1 heterocycles. The van der Waals surface area contributed by atoms with Crippen LogP contribution in [0.4, 0.5) is 0 Å². The van der Waals surface area contributed by atoms with E-state index in [0.29, 0.717) is 6.73 Å². The number of rotatable bonds is 3. The average molecular weight is 212 g/mol. The molecule has 0 aliphatic rings. The van der Waals surface area contributed by atoms with Crippen molar-refractivity contribution in [1.29, 1.82) is 0 Å². The maximum absolute atomic E-state index is 6.00. The van der Waals surface area contributed by atoms with Crippen molar-refractivity contribution >= 4 is 8.32 Å². The monoisotopic (exact) mass is 212 g/mol. The highest BCUT2D eigenvalue weighted by molar-refractivity contribution is 6.74. The molecule has 1 rings (SSSR count). The van der Waals surface area contributed by atoms with Gasteiger partial charge >= 0.3 is 0 Å². The summed E-state index contributed by atoms with van der Waals surface area (Å²) in [6, 6.07) is 0. The third-order valence-corrected chi connectivity index (χ3v) is 7.40. The summed E-state index contributed by atoms with van der Waals surface area (Å²) in [7, 11) is -1.61.